The minimum absolute atomic E-state index is 1.09. The van der Waals surface area contributed by atoms with Gasteiger partial charge in [0.25, 0.3) is 0 Å². The molecule has 1 aromatic carbocycles. The Morgan fingerprint density at radius 3 is 2.24 bits per heavy atom. The first kappa shape index (κ1) is 15.4. The Balaban J connectivity index is 0.000000302. The Kier molecular flexibility index (Phi) is 9.94. The highest BCUT2D eigenvalue weighted by Gasteiger charge is 1.82. The van der Waals surface area contributed by atoms with Gasteiger partial charge in [0.2, 0.25) is 0 Å². The number of allylic oxidation sites excluding steroid dienone is 4. The Bertz CT molecular complexity index is 330. The molecule has 0 spiro atoms. The van der Waals surface area contributed by atoms with Gasteiger partial charge in [-0.05, 0) is 18.4 Å². The fourth-order valence-electron chi connectivity index (χ4n) is 1.32. The monoisotopic (exact) mass is 228 g/mol. The summed E-state index contributed by atoms with van der Waals surface area (Å²) >= 11 is 0. The van der Waals surface area contributed by atoms with Crippen LogP contribution in [-0.2, 0) is 6.42 Å². The van der Waals surface area contributed by atoms with Gasteiger partial charge in [-0.25, -0.2) is 0 Å². The van der Waals surface area contributed by atoms with E-state index in [1.807, 2.05) is 18.2 Å². The molecule has 0 unspecified atom stereocenters. The molecule has 0 heteroatoms. The van der Waals surface area contributed by atoms with E-state index in [0.29, 0.717) is 0 Å². The molecule has 0 saturated heterocycles. The lowest BCUT2D eigenvalue weighted by Gasteiger charge is -1.91. The van der Waals surface area contributed by atoms with Crippen LogP contribution in [0.25, 0.3) is 0 Å². The zero-order valence-corrected chi connectivity index (χ0v) is 11.2. The van der Waals surface area contributed by atoms with Crippen LogP contribution in [0.5, 0.6) is 0 Å². The molecule has 1 rings (SSSR count). The average molecular weight is 228 g/mol. The number of aryl methyl sites for hydroxylation is 1. The molecular weight excluding hydrogens is 204 g/mol. The van der Waals surface area contributed by atoms with Gasteiger partial charge in [-0.3, -0.25) is 0 Å². The van der Waals surface area contributed by atoms with Gasteiger partial charge in [0, 0.05) is 0 Å². The molecule has 0 aromatic heterocycles. The van der Waals surface area contributed by atoms with Crippen molar-refractivity contribution in [3.05, 3.63) is 72.9 Å². The van der Waals surface area contributed by atoms with E-state index < -0.39 is 0 Å². The summed E-state index contributed by atoms with van der Waals surface area (Å²) in [5.74, 6) is 0. The third-order valence-electron chi connectivity index (χ3n) is 2.29. The summed E-state index contributed by atoms with van der Waals surface area (Å²) < 4.78 is 0. The maximum Gasteiger partial charge on any atom is -0.0287 e. The van der Waals surface area contributed by atoms with Crippen molar-refractivity contribution >= 4 is 0 Å². The molecule has 0 N–H and O–H groups in total. The van der Waals surface area contributed by atoms with E-state index in [1.54, 1.807) is 6.08 Å². The van der Waals surface area contributed by atoms with E-state index in [1.165, 1.54) is 17.6 Å². The Hall–Kier alpha value is -1.56. The smallest absolute Gasteiger partial charge is 0.0287 e. The van der Waals surface area contributed by atoms with Crippen molar-refractivity contribution < 1.29 is 0 Å². The molecule has 0 aliphatic heterocycles. The highest BCUT2D eigenvalue weighted by Crippen LogP contribution is 2.02. The summed E-state index contributed by atoms with van der Waals surface area (Å²) in [6.45, 7) is 11.7. The third-order valence-corrected chi connectivity index (χ3v) is 2.29. The zero-order chi connectivity index (χ0) is 12.9. The van der Waals surface area contributed by atoms with Crippen LogP contribution in [0.3, 0.4) is 0 Å². The summed E-state index contributed by atoms with van der Waals surface area (Å²) in [6, 6.07) is 10.5. The van der Waals surface area contributed by atoms with Crippen molar-refractivity contribution in [2.45, 2.75) is 33.1 Å². The molecule has 92 valence electrons. The van der Waals surface area contributed by atoms with Gasteiger partial charge in [0.15, 0.2) is 0 Å². The van der Waals surface area contributed by atoms with Crippen molar-refractivity contribution in [3.8, 4) is 0 Å². The second kappa shape index (κ2) is 10.9. The third kappa shape index (κ3) is 9.37. The largest absolute Gasteiger partial charge is 0.0991 e. The van der Waals surface area contributed by atoms with Gasteiger partial charge in [-0.15, -0.1) is 0 Å². The predicted molar refractivity (Wildman–Crippen MR) is 79.2 cm³/mol. The minimum Gasteiger partial charge on any atom is -0.0991 e. The highest BCUT2D eigenvalue weighted by molar-refractivity contribution is 5.17. The summed E-state index contributed by atoms with van der Waals surface area (Å²) in [5, 5.41) is 0. The van der Waals surface area contributed by atoms with Crippen LogP contribution in [-0.4, -0.2) is 0 Å². The molecule has 0 radical (unpaired) electrons. The van der Waals surface area contributed by atoms with Crippen LogP contribution in [0, 0.1) is 0 Å². The molecule has 0 heterocycles. The fourth-order valence-corrected chi connectivity index (χ4v) is 1.32. The standard InChI is InChI=1S/C9H14.C8H10/c1-4-6-8-9(3)7-5-2;1-2-8-6-4-3-5-7-8/h4,6,8H,1,3,5,7H2,2H3;3-7H,2H2,1H3/b8-6-;. The zero-order valence-electron chi connectivity index (χ0n) is 11.2. The van der Waals surface area contributed by atoms with Crippen LogP contribution in [0.15, 0.2) is 67.3 Å². The first-order valence-electron chi connectivity index (χ1n) is 6.25. The van der Waals surface area contributed by atoms with Crippen molar-refractivity contribution in [1.82, 2.24) is 0 Å². The quantitative estimate of drug-likeness (QED) is 0.597. The van der Waals surface area contributed by atoms with Crippen molar-refractivity contribution in [2.75, 3.05) is 0 Å². The molecule has 0 saturated carbocycles. The van der Waals surface area contributed by atoms with Crippen molar-refractivity contribution in [1.29, 1.82) is 0 Å². The Morgan fingerprint density at radius 2 is 1.82 bits per heavy atom. The molecule has 17 heavy (non-hydrogen) atoms. The molecule has 0 aliphatic rings. The summed E-state index contributed by atoms with van der Waals surface area (Å²) in [4.78, 5) is 0. The maximum absolute atomic E-state index is 3.85. The van der Waals surface area contributed by atoms with Crippen LogP contribution < -0.4 is 0 Å². The lowest BCUT2D eigenvalue weighted by atomic mass is 10.2. The lowest BCUT2D eigenvalue weighted by molar-refractivity contribution is 0.930. The van der Waals surface area contributed by atoms with E-state index in [2.05, 4.69) is 51.3 Å². The Morgan fingerprint density at radius 1 is 1.18 bits per heavy atom. The van der Waals surface area contributed by atoms with Gasteiger partial charge in [-0.2, -0.15) is 0 Å². The Labute approximate surface area is 106 Å². The van der Waals surface area contributed by atoms with Gasteiger partial charge in [0.1, 0.15) is 0 Å². The first-order chi connectivity index (χ1) is 8.24. The normalized spacial score (nSPS) is 9.53. The fraction of sp³-hybridized carbons (Fsp3) is 0.294. The topological polar surface area (TPSA) is 0 Å². The second-order valence-electron chi connectivity index (χ2n) is 3.84. The van der Waals surface area contributed by atoms with Crippen LogP contribution in [0.1, 0.15) is 32.3 Å². The minimum atomic E-state index is 1.09. The van der Waals surface area contributed by atoms with E-state index in [-0.39, 0.29) is 0 Å². The maximum atomic E-state index is 3.85. The molecular formula is C17H24. The van der Waals surface area contributed by atoms with Crippen molar-refractivity contribution in [3.63, 3.8) is 0 Å². The second-order valence-corrected chi connectivity index (χ2v) is 3.84. The number of rotatable bonds is 5. The van der Waals surface area contributed by atoms with Gasteiger partial charge >= 0.3 is 0 Å². The van der Waals surface area contributed by atoms with Gasteiger partial charge in [-0.1, -0.05) is 87.6 Å². The van der Waals surface area contributed by atoms with Crippen molar-refractivity contribution in [2.24, 2.45) is 0 Å². The van der Waals surface area contributed by atoms with Gasteiger partial charge < -0.3 is 0 Å². The average Bonchev–Trinajstić information content (AvgIpc) is 2.38. The van der Waals surface area contributed by atoms with Crippen LogP contribution in [0.2, 0.25) is 0 Å². The highest BCUT2D eigenvalue weighted by atomic mass is 13.9. The molecule has 0 nitrogen and oxygen atoms in total. The molecule has 0 aliphatic carbocycles. The predicted octanol–water partition coefficient (Wildman–Crippen LogP) is 5.33. The van der Waals surface area contributed by atoms with E-state index >= 15 is 0 Å². The summed E-state index contributed by atoms with van der Waals surface area (Å²) in [5.41, 5.74) is 2.59. The summed E-state index contributed by atoms with van der Waals surface area (Å²) in [7, 11) is 0. The first-order valence-corrected chi connectivity index (χ1v) is 6.25. The van der Waals surface area contributed by atoms with Crippen LogP contribution >= 0.6 is 0 Å². The number of benzene rings is 1. The SMILES string of the molecule is C=C/C=C\C(=C)CCC.CCc1ccccc1. The van der Waals surface area contributed by atoms with E-state index in [9.17, 15) is 0 Å². The lowest BCUT2D eigenvalue weighted by Crippen LogP contribution is -1.73. The molecule has 0 atom stereocenters. The molecule has 0 bridgehead atoms. The molecule has 0 amide bonds. The molecule has 0 fully saturated rings. The van der Waals surface area contributed by atoms with Gasteiger partial charge in [0.05, 0.1) is 0 Å². The number of hydrogen-bond donors (Lipinski definition) is 0. The number of hydrogen-bond acceptors (Lipinski definition) is 0. The summed E-state index contributed by atoms with van der Waals surface area (Å²) in [6.07, 6.45) is 9.07. The van der Waals surface area contributed by atoms with E-state index in [0.717, 1.165) is 12.8 Å². The van der Waals surface area contributed by atoms with Crippen LogP contribution in [0.4, 0.5) is 0 Å². The van der Waals surface area contributed by atoms with E-state index in [4.69, 9.17) is 0 Å². The molecule has 1 aromatic rings.